The van der Waals surface area contributed by atoms with E-state index in [2.05, 4.69) is 0 Å². The number of nitrogens with two attached hydrogens (primary N) is 1. The summed E-state index contributed by atoms with van der Waals surface area (Å²) >= 11 is 0. The Morgan fingerprint density at radius 3 is 1.82 bits per heavy atom. The zero-order chi connectivity index (χ0) is 46.5. The van der Waals surface area contributed by atoms with Gasteiger partial charge < -0.3 is 64.8 Å². The molecule has 7 N–H and O–H groups in total. The SMILES string of the molecule is CN1C(=O)[C@@H](N)COc2ccccc21.CO[C@@H](C(=O)C[C@H]1COc2ccccc2N(C)C1=O)[C@H](O)[C@@H](O)[C@H](O)/C=C/C1CCCC1.CO[C@H]1C(=O)O[C@@H]([C@H](O)/C=C/C2CCCC2)[C@H]1O.Cl. The number of ether oxygens (including phenoxy) is 5. The number of Topliss-reactive ketones (excluding diaryl/α,β-unsaturated/α-hetero) is 1. The predicted octanol–water partition coefficient (Wildman–Crippen LogP) is 2.65. The number of anilines is 2. The Bertz CT molecular complexity index is 1920. The lowest BCUT2D eigenvalue weighted by Crippen LogP contribution is -2.49. The number of hydrogen-bond donors (Lipinski definition) is 6. The number of aliphatic hydroxyl groups is 5. The summed E-state index contributed by atoms with van der Waals surface area (Å²) in [6.45, 7) is 0.244. The number of carbonyl (C=O) groups excluding carboxylic acids is 4. The number of fused-ring (bicyclic) bond motifs is 2. The monoisotopic (exact) mass is 931 g/mol. The molecule has 10 atom stereocenters. The average Bonchev–Trinajstić information content (AvgIpc) is 4.07. The van der Waals surface area contributed by atoms with Crippen molar-refractivity contribution in [3.8, 4) is 11.5 Å². The Morgan fingerprint density at radius 2 is 1.29 bits per heavy atom. The van der Waals surface area contributed by atoms with Crippen molar-refractivity contribution in [3.63, 3.8) is 0 Å². The van der Waals surface area contributed by atoms with Crippen molar-refractivity contribution in [2.24, 2.45) is 23.5 Å². The van der Waals surface area contributed by atoms with E-state index in [1.54, 1.807) is 44.4 Å². The average molecular weight is 933 g/mol. The van der Waals surface area contributed by atoms with Crippen molar-refractivity contribution >= 4 is 47.3 Å². The molecule has 5 aliphatic rings. The first-order valence-electron chi connectivity index (χ1n) is 22.0. The zero-order valence-electron chi connectivity index (χ0n) is 37.4. The molecule has 2 aromatic carbocycles. The molecular formula is C47H66ClN3O14. The van der Waals surface area contributed by atoms with Crippen LogP contribution in [-0.2, 0) is 33.4 Å². The number of allylic oxidation sites excluding steroid dienone is 2. The van der Waals surface area contributed by atoms with Gasteiger partial charge in [0, 0.05) is 34.7 Å². The summed E-state index contributed by atoms with van der Waals surface area (Å²) in [5.74, 6) is -0.235. The molecule has 360 valence electrons. The summed E-state index contributed by atoms with van der Waals surface area (Å²) in [4.78, 5) is 51.7. The summed E-state index contributed by atoms with van der Waals surface area (Å²) in [5.41, 5.74) is 7.02. The lowest BCUT2D eigenvalue weighted by molar-refractivity contribution is -0.150. The Morgan fingerprint density at radius 1 is 0.785 bits per heavy atom. The number of hydrogen-bond acceptors (Lipinski definition) is 15. The minimum atomic E-state index is -1.65. The molecule has 2 aromatic rings. The van der Waals surface area contributed by atoms with Gasteiger partial charge in [-0.2, -0.15) is 0 Å². The van der Waals surface area contributed by atoms with Gasteiger partial charge >= 0.3 is 5.97 Å². The van der Waals surface area contributed by atoms with Gasteiger partial charge in [0.1, 0.15) is 67.4 Å². The smallest absolute Gasteiger partial charge is 0.338 e. The molecule has 3 heterocycles. The number of benzene rings is 2. The fourth-order valence-electron chi connectivity index (χ4n) is 8.49. The first-order valence-corrected chi connectivity index (χ1v) is 22.0. The van der Waals surface area contributed by atoms with Gasteiger partial charge in [-0.05, 0) is 61.8 Å². The number of methoxy groups -OCH3 is 2. The highest BCUT2D eigenvalue weighted by Gasteiger charge is 2.47. The normalized spacial score (nSPS) is 25.8. The third-order valence-corrected chi connectivity index (χ3v) is 12.4. The van der Waals surface area contributed by atoms with Crippen molar-refractivity contribution in [2.75, 3.05) is 51.3 Å². The van der Waals surface area contributed by atoms with Gasteiger partial charge in [-0.25, -0.2) is 4.79 Å². The zero-order valence-corrected chi connectivity index (χ0v) is 38.2. The molecule has 2 amide bonds. The summed E-state index contributed by atoms with van der Waals surface area (Å²) in [6.07, 6.45) is 5.74. The lowest BCUT2D eigenvalue weighted by atomic mass is 9.93. The number of nitrogens with zero attached hydrogens (tertiary/aromatic N) is 2. The Labute approximate surface area is 386 Å². The van der Waals surface area contributed by atoms with Crippen LogP contribution in [0.1, 0.15) is 57.8 Å². The second-order valence-electron chi connectivity index (χ2n) is 16.9. The van der Waals surface area contributed by atoms with Crippen LogP contribution < -0.4 is 25.0 Å². The first-order chi connectivity index (χ1) is 30.7. The number of amides is 2. The van der Waals surface area contributed by atoms with Crippen molar-refractivity contribution in [1.29, 1.82) is 0 Å². The standard InChI is InChI=1S/C24H33NO7.C13H20O5.C10H12N2O2.ClH/c1-25-17-9-5-6-10-20(17)32-14-16(24(25)30)13-19(27)23(31-2)22(29)21(28)18(26)12-11-15-7-3-4-8-15;1-17-12-10(15)11(18-13(12)16)9(14)7-6-8-4-2-3-5-8;1-12-8-4-2-3-5-9(8)14-6-7(11)10(12)13;/h5-6,9-12,15-16,18,21-23,26,28-29H,3-4,7-8,13-14H2,1-2H3;6-12,14-15H,2-5H2,1H3;2-5,7H,6,11H2,1H3;1H/b12-11+;7-6+;;/t16-,18+,21-,22+,23-;9-,10-,11+,12-;7-;/m010./s1. The molecule has 2 saturated carbocycles. The predicted molar refractivity (Wildman–Crippen MR) is 243 cm³/mol. The molecular weight excluding hydrogens is 866 g/mol. The van der Waals surface area contributed by atoms with E-state index < -0.39 is 72.5 Å². The number of cyclic esters (lactones) is 1. The summed E-state index contributed by atoms with van der Waals surface area (Å²) < 4.78 is 26.1. The van der Waals surface area contributed by atoms with E-state index in [1.165, 1.54) is 42.9 Å². The topological polar surface area (TPSA) is 248 Å². The first kappa shape index (κ1) is 53.2. The van der Waals surface area contributed by atoms with Gasteiger partial charge in [-0.1, -0.05) is 74.3 Å². The molecule has 65 heavy (non-hydrogen) atoms. The van der Waals surface area contributed by atoms with Crippen LogP contribution in [0.25, 0.3) is 0 Å². The number of carbonyl (C=O) groups is 4. The van der Waals surface area contributed by atoms with E-state index in [4.69, 9.17) is 29.4 Å². The van der Waals surface area contributed by atoms with Crippen LogP contribution in [0.4, 0.5) is 11.4 Å². The number of halogens is 1. The van der Waals surface area contributed by atoms with Gasteiger partial charge in [0.2, 0.25) is 11.8 Å². The molecule has 3 fully saturated rings. The molecule has 0 bridgehead atoms. The van der Waals surface area contributed by atoms with E-state index in [-0.39, 0.29) is 43.9 Å². The van der Waals surface area contributed by atoms with Gasteiger partial charge in [0.15, 0.2) is 18.0 Å². The molecule has 0 aromatic heterocycles. The minimum absolute atomic E-state index is 0. The van der Waals surface area contributed by atoms with Crippen LogP contribution in [0.15, 0.2) is 72.8 Å². The quantitative estimate of drug-likeness (QED) is 0.125. The Hall–Kier alpha value is -4.43. The number of para-hydroxylation sites is 4. The van der Waals surface area contributed by atoms with E-state index in [0.29, 0.717) is 29.0 Å². The molecule has 3 aliphatic heterocycles. The van der Waals surface area contributed by atoms with Crippen molar-refractivity contribution in [1.82, 2.24) is 0 Å². The van der Waals surface area contributed by atoms with Gasteiger partial charge in [0.25, 0.3) is 0 Å². The molecule has 7 rings (SSSR count). The van der Waals surface area contributed by atoms with Crippen LogP contribution >= 0.6 is 12.4 Å². The molecule has 0 spiro atoms. The third-order valence-electron chi connectivity index (χ3n) is 12.4. The highest BCUT2D eigenvalue weighted by atomic mass is 35.5. The maximum absolute atomic E-state index is 12.9. The highest BCUT2D eigenvalue weighted by Crippen LogP contribution is 2.33. The van der Waals surface area contributed by atoms with Crippen molar-refractivity contribution in [2.45, 2.75) is 113 Å². The van der Waals surface area contributed by atoms with Crippen LogP contribution in [0.5, 0.6) is 11.5 Å². The molecule has 17 nitrogen and oxygen atoms in total. The van der Waals surface area contributed by atoms with Crippen molar-refractivity contribution < 1.29 is 68.4 Å². The van der Waals surface area contributed by atoms with Crippen LogP contribution in [0.3, 0.4) is 0 Å². The Balaban J connectivity index is 0.000000235. The molecule has 2 aliphatic carbocycles. The number of likely N-dealkylation sites (N-methyl/N-ethyl adjacent to an activating group) is 1. The number of aliphatic hydroxyl groups excluding tert-OH is 5. The second-order valence-corrected chi connectivity index (χ2v) is 16.9. The molecule has 0 radical (unpaired) electrons. The number of rotatable bonds is 13. The number of esters is 1. The molecule has 18 heteroatoms. The molecule has 0 unspecified atom stereocenters. The van der Waals surface area contributed by atoms with Crippen LogP contribution in [-0.4, -0.2) is 146 Å². The van der Waals surface area contributed by atoms with Crippen LogP contribution in [0.2, 0.25) is 0 Å². The van der Waals surface area contributed by atoms with Gasteiger partial charge in [-0.15, -0.1) is 12.4 Å². The highest BCUT2D eigenvalue weighted by molar-refractivity contribution is 6.00. The maximum atomic E-state index is 12.9. The third kappa shape index (κ3) is 13.8. The summed E-state index contributed by atoms with van der Waals surface area (Å²) in [5, 5.41) is 50.9. The minimum Gasteiger partial charge on any atom is -0.491 e. The second kappa shape index (κ2) is 25.5. The van der Waals surface area contributed by atoms with Crippen molar-refractivity contribution in [3.05, 3.63) is 72.8 Å². The summed E-state index contributed by atoms with van der Waals surface area (Å²) in [7, 11) is 5.90. The van der Waals surface area contributed by atoms with Gasteiger partial charge in [-0.3, -0.25) is 14.4 Å². The lowest BCUT2D eigenvalue weighted by Gasteiger charge is -2.28. The fourth-order valence-corrected chi connectivity index (χ4v) is 8.49. The van der Waals surface area contributed by atoms with E-state index in [0.717, 1.165) is 44.2 Å². The number of ketones is 1. The van der Waals surface area contributed by atoms with E-state index >= 15 is 0 Å². The van der Waals surface area contributed by atoms with Crippen LogP contribution in [0, 0.1) is 17.8 Å². The largest absolute Gasteiger partial charge is 0.491 e. The summed E-state index contributed by atoms with van der Waals surface area (Å²) in [6, 6.07) is 13.9. The van der Waals surface area contributed by atoms with E-state index in [1.807, 2.05) is 36.4 Å². The maximum Gasteiger partial charge on any atom is 0.338 e. The fraction of sp³-hybridized carbons (Fsp3) is 0.574. The van der Waals surface area contributed by atoms with E-state index in [9.17, 15) is 44.7 Å². The Kier molecular flexibility index (Phi) is 20.8. The molecule has 1 saturated heterocycles. The van der Waals surface area contributed by atoms with Gasteiger partial charge in [0.05, 0.1) is 17.3 Å².